The van der Waals surface area contributed by atoms with Crippen LogP contribution in [0.3, 0.4) is 0 Å². The minimum atomic E-state index is -0.716. The minimum absolute atomic E-state index is 0.00330. The monoisotopic (exact) mass is 367 g/mol. The Morgan fingerprint density at radius 2 is 1.63 bits per heavy atom. The molecule has 2 amide bonds. The number of benzene rings is 2. The summed E-state index contributed by atoms with van der Waals surface area (Å²) in [7, 11) is 1.40. The van der Waals surface area contributed by atoms with Crippen LogP contribution < -0.4 is 4.74 Å². The molecule has 1 heterocycles. The highest BCUT2D eigenvalue weighted by molar-refractivity contribution is 6.21. The molecule has 2 aromatic carbocycles. The van der Waals surface area contributed by atoms with Gasteiger partial charge in [0.25, 0.3) is 11.8 Å². The molecular formula is C20H17NO6. The molecule has 0 aliphatic carbocycles. The van der Waals surface area contributed by atoms with Gasteiger partial charge < -0.3 is 9.47 Å². The topological polar surface area (TPSA) is 90.0 Å². The van der Waals surface area contributed by atoms with Crippen molar-refractivity contribution in [1.82, 2.24) is 4.90 Å². The number of esters is 1. The van der Waals surface area contributed by atoms with Crippen LogP contribution >= 0.6 is 0 Å². The molecule has 138 valence electrons. The molecule has 0 saturated carbocycles. The Hall–Kier alpha value is -3.48. The Balaban J connectivity index is 1.85. The van der Waals surface area contributed by atoms with Gasteiger partial charge in [0.05, 0.1) is 24.8 Å². The van der Waals surface area contributed by atoms with E-state index in [-0.39, 0.29) is 42.1 Å². The van der Waals surface area contributed by atoms with Gasteiger partial charge in [-0.25, -0.2) is 4.79 Å². The SMILES string of the molecule is COc1ccc(CN2C(=O)c3ccccc3C2=O)cc1C(=O)OCC(C)=O. The fourth-order valence-electron chi connectivity index (χ4n) is 2.82. The van der Waals surface area contributed by atoms with E-state index in [9.17, 15) is 19.2 Å². The van der Waals surface area contributed by atoms with Crippen molar-refractivity contribution in [3.05, 3.63) is 64.7 Å². The lowest BCUT2D eigenvalue weighted by Crippen LogP contribution is -2.29. The number of fused-ring (bicyclic) bond motifs is 1. The number of methoxy groups -OCH3 is 1. The van der Waals surface area contributed by atoms with Gasteiger partial charge in [0, 0.05) is 0 Å². The van der Waals surface area contributed by atoms with Gasteiger partial charge in [0.15, 0.2) is 5.78 Å². The number of amides is 2. The van der Waals surface area contributed by atoms with Crippen molar-refractivity contribution in [2.24, 2.45) is 0 Å². The molecule has 0 atom stereocenters. The van der Waals surface area contributed by atoms with Crippen LogP contribution in [0, 0.1) is 0 Å². The van der Waals surface area contributed by atoms with Crippen molar-refractivity contribution in [2.75, 3.05) is 13.7 Å². The van der Waals surface area contributed by atoms with E-state index in [0.717, 1.165) is 4.90 Å². The maximum atomic E-state index is 12.5. The number of imide groups is 1. The second-order valence-corrected chi connectivity index (χ2v) is 6.05. The highest BCUT2D eigenvalue weighted by Gasteiger charge is 2.35. The van der Waals surface area contributed by atoms with Crippen LogP contribution in [0.15, 0.2) is 42.5 Å². The van der Waals surface area contributed by atoms with Gasteiger partial charge in [-0.3, -0.25) is 19.3 Å². The van der Waals surface area contributed by atoms with E-state index in [2.05, 4.69) is 0 Å². The Kier molecular flexibility index (Phi) is 5.03. The molecule has 0 unspecified atom stereocenters. The lowest BCUT2D eigenvalue weighted by Gasteiger charge is -2.15. The van der Waals surface area contributed by atoms with Crippen molar-refractivity contribution in [2.45, 2.75) is 13.5 Å². The maximum Gasteiger partial charge on any atom is 0.342 e. The van der Waals surface area contributed by atoms with Crippen molar-refractivity contribution >= 4 is 23.6 Å². The van der Waals surface area contributed by atoms with Crippen molar-refractivity contribution in [1.29, 1.82) is 0 Å². The third-order valence-electron chi connectivity index (χ3n) is 4.11. The average Bonchev–Trinajstić information content (AvgIpc) is 2.91. The van der Waals surface area contributed by atoms with Crippen molar-refractivity contribution in [3.8, 4) is 5.75 Å². The first-order valence-corrected chi connectivity index (χ1v) is 8.21. The normalized spacial score (nSPS) is 12.7. The summed E-state index contributed by atoms with van der Waals surface area (Å²) in [5.74, 6) is -1.50. The van der Waals surface area contributed by atoms with Gasteiger partial charge in [0.1, 0.15) is 17.9 Å². The lowest BCUT2D eigenvalue weighted by atomic mass is 10.1. The summed E-state index contributed by atoms with van der Waals surface area (Å²) in [4.78, 5) is 49.3. The summed E-state index contributed by atoms with van der Waals surface area (Å²) in [6.07, 6.45) is 0. The molecule has 7 nitrogen and oxygen atoms in total. The van der Waals surface area contributed by atoms with Crippen LogP contribution in [0.2, 0.25) is 0 Å². The van der Waals surface area contributed by atoms with E-state index in [1.807, 2.05) is 0 Å². The van der Waals surface area contributed by atoms with E-state index in [4.69, 9.17) is 9.47 Å². The van der Waals surface area contributed by atoms with Crippen molar-refractivity contribution < 1.29 is 28.7 Å². The Morgan fingerprint density at radius 1 is 1.00 bits per heavy atom. The standard InChI is InChI=1S/C20H17NO6/c1-12(22)11-27-20(25)16-9-13(7-8-17(16)26-2)10-21-18(23)14-5-3-4-6-15(14)19(21)24/h3-9H,10-11H2,1-2H3. The number of Topliss-reactive ketones (excluding diaryl/α,β-unsaturated/α-hetero) is 1. The number of hydrogen-bond donors (Lipinski definition) is 0. The molecule has 0 fully saturated rings. The summed E-state index contributed by atoms with van der Waals surface area (Å²) in [5.41, 5.74) is 1.39. The van der Waals surface area contributed by atoms with Gasteiger partial charge in [-0.1, -0.05) is 18.2 Å². The first-order chi connectivity index (χ1) is 12.9. The fraction of sp³-hybridized carbons (Fsp3) is 0.200. The molecule has 0 saturated heterocycles. The van der Waals surface area contributed by atoms with E-state index in [1.54, 1.807) is 36.4 Å². The average molecular weight is 367 g/mol. The molecule has 0 radical (unpaired) electrons. The van der Waals surface area contributed by atoms with Gasteiger partial charge in [-0.2, -0.15) is 0 Å². The van der Waals surface area contributed by atoms with Gasteiger partial charge in [-0.15, -0.1) is 0 Å². The number of nitrogens with zero attached hydrogens (tertiary/aromatic N) is 1. The van der Waals surface area contributed by atoms with Crippen molar-refractivity contribution in [3.63, 3.8) is 0 Å². The first-order valence-electron chi connectivity index (χ1n) is 8.21. The van der Waals surface area contributed by atoms with E-state index >= 15 is 0 Å². The van der Waals surface area contributed by atoms with Crippen LogP contribution in [-0.2, 0) is 16.1 Å². The van der Waals surface area contributed by atoms with E-state index in [0.29, 0.717) is 16.7 Å². The Bertz CT molecular complexity index is 914. The van der Waals surface area contributed by atoms with Crippen LogP contribution in [0.4, 0.5) is 0 Å². The lowest BCUT2D eigenvalue weighted by molar-refractivity contribution is -0.120. The third kappa shape index (κ3) is 3.57. The molecule has 0 aromatic heterocycles. The second-order valence-electron chi connectivity index (χ2n) is 6.05. The zero-order valence-electron chi connectivity index (χ0n) is 14.9. The minimum Gasteiger partial charge on any atom is -0.496 e. The summed E-state index contributed by atoms with van der Waals surface area (Å²) < 4.78 is 10.1. The number of rotatable bonds is 6. The molecule has 1 aliphatic rings. The molecule has 7 heteroatoms. The molecule has 27 heavy (non-hydrogen) atoms. The number of carbonyl (C=O) groups is 4. The molecule has 1 aliphatic heterocycles. The number of ketones is 1. The molecular weight excluding hydrogens is 350 g/mol. The Labute approximate surface area is 155 Å². The van der Waals surface area contributed by atoms with Gasteiger partial charge >= 0.3 is 5.97 Å². The summed E-state index contributed by atoms with van der Waals surface area (Å²) in [6, 6.07) is 11.3. The predicted molar refractivity (Wildman–Crippen MR) is 94.6 cm³/mol. The maximum absolute atomic E-state index is 12.5. The van der Waals surface area contributed by atoms with Gasteiger partial charge in [-0.05, 0) is 36.8 Å². The Morgan fingerprint density at radius 3 is 2.19 bits per heavy atom. The number of ether oxygens (including phenoxy) is 2. The number of hydrogen-bond acceptors (Lipinski definition) is 6. The van der Waals surface area contributed by atoms with E-state index < -0.39 is 5.97 Å². The molecule has 0 bridgehead atoms. The quantitative estimate of drug-likeness (QED) is 0.575. The fourth-order valence-corrected chi connectivity index (χ4v) is 2.82. The largest absolute Gasteiger partial charge is 0.496 e. The van der Waals surface area contributed by atoms with Crippen LogP contribution in [0.1, 0.15) is 43.6 Å². The second kappa shape index (κ2) is 7.41. The van der Waals surface area contributed by atoms with Crippen LogP contribution in [0.5, 0.6) is 5.75 Å². The summed E-state index contributed by atoms with van der Waals surface area (Å²) in [5, 5.41) is 0. The van der Waals surface area contributed by atoms with Crippen LogP contribution in [-0.4, -0.2) is 42.2 Å². The molecule has 0 N–H and O–H groups in total. The molecule has 2 aromatic rings. The molecule has 3 rings (SSSR count). The highest BCUT2D eigenvalue weighted by Crippen LogP contribution is 2.26. The first kappa shape index (κ1) is 18.3. The summed E-state index contributed by atoms with van der Waals surface area (Å²) in [6.45, 7) is 0.969. The zero-order chi connectivity index (χ0) is 19.6. The summed E-state index contributed by atoms with van der Waals surface area (Å²) >= 11 is 0. The van der Waals surface area contributed by atoms with E-state index in [1.165, 1.54) is 20.1 Å². The van der Waals surface area contributed by atoms with Crippen LogP contribution in [0.25, 0.3) is 0 Å². The van der Waals surface area contributed by atoms with Gasteiger partial charge in [0.2, 0.25) is 0 Å². The third-order valence-corrected chi connectivity index (χ3v) is 4.11. The predicted octanol–water partition coefficient (Wildman–Crippen LogP) is 2.24. The molecule has 0 spiro atoms. The zero-order valence-corrected chi connectivity index (χ0v) is 14.9. The number of carbonyl (C=O) groups excluding carboxylic acids is 4. The highest BCUT2D eigenvalue weighted by atomic mass is 16.5. The smallest absolute Gasteiger partial charge is 0.342 e.